The lowest BCUT2D eigenvalue weighted by Crippen LogP contribution is -2.20. The molecule has 4 heteroatoms. The summed E-state index contributed by atoms with van der Waals surface area (Å²) in [6.45, 7) is 5.88. The fraction of sp³-hybridized carbons (Fsp3) is 1.00. The van der Waals surface area contributed by atoms with E-state index in [9.17, 15) is 0 Å². The highest BCUT2D eigenvalue weighted by Crippen LogP contribution is 1.84. The molecular formula is C3H12O2Si2. The Hall–Kier alpha value is 0.354. The van der Waals surface area contributed by atoms with Gasteiger partial charge < -0.3 is 8.91 Å². The lowest BCUT2D eigenvalue weighted by atomic mass is 11.9. The first-order chi connectivity index (χ1) is 3.13. The van der Waals surface area contributed by atoms with Gasteiger partial charge in [-0.15, -0.1) is 0 Å². The Bertz CT molecular complexity index is 40.2. The van der Waals surface area contributed by atoms with Crippen LogP contribution in [0.2, 0.25) is 19.6 Å². The van der Waals surface area contributed by atoms with Crippen molar-refractivity contribution in [1.29, 1.82) is 0 Å². The van der Waals surface area contributed by atoms with Crippen LogP contribution in [0.5, 0.6) is 0 Å². The number of hydrogen-bond donors (Lipinski definition) is 1. The van der Waals surface area contributed by atoms with E-state index in [4.69, 9.17) is 8.91 Å². The highest BCUT2D eigenvalue weighted by Gasteiger charge is 2.00. The minimum absolute atomic E-state index is 0.917. The summed E-state index contributed by atoms with van der Waals surface area (Å²) in [5.41, 5.74) is 0. The van der Waals surface area contributed by atoms with Crippen molar-refractivity contribution in [3.63, 3.8) is 0 Å². The van der Waals surface area contributed by atoms with Gasteiger partial charge in [0.25, 0.3) is 0 Å². The van der Waals surface area contributed by atoms with E-state index in [0.29, 0.717) is 0 Å². The van der Waals surface area contributed by atoms with Gasteiger partial charge >= 0.3 is 9.28 Å². The molecule has 44 valence electrons. The van der Waals surface area contributed by atoms with Crippen LogP contribution in [0.3, 0.4) is 0 Å². The second-order valence-electron chi connectivity index (χ2n) is 1.78. The van der Waals surface area contributed by atoms with Crippen LogP contribution < -0.4 is 0 Å². The van der Waals surface area contributed by atoms with Crippen molar-refractivity contribution in [2.75, 3.05) is 0 Å². The van der Waals surface area contributed by atoms with E-state index in [0.717, 1.165) is 0 Å². The van der Waals surface area contributed by atoms with E-state index in [1.54, 1.807) is 6.55 Å². The Morgan fingerprint density at radius 2 is 1.71 bits per heavy atom. The Morgan fingerprint density at radius 1 is 1.29 bits per heavy atom. The summed E-state index contributed by atoms with van der Waals surface area (Å²) in [6.07, 6.45) is 0. The molecular weight excluding hydrogens is 124 g/mol. The Morgan fingerprint density at radius 3 is 1.71 bits per heavy atom. The smallest absolute Gasteiger partial charge is 0.304 e. The average Bonchev–Trinajstić information content (AvgIpc) is 1.27. The molecule has 0 aliphatic rings. The standard InChI is InChI=1S/C3H12O2Si2/c1-6(2)5-7(3)4/h4,6-7H,1-3H3/t7-/m0/s1. The molecule has 0 aliphatic carbocycles. The Kier molecular flexibility index (Phi) is 3.54. The molecule has 0 spiro atoms. The lowest BCUT2D eigenvalue weighted by molar-refractivity contribution is 0.433. The zero-order valence-corrected chi connectivity index (χ0v) is 7.32. The molecule has 0 saturated heterocycles. The van der Waals surface area contributed by atoms with Gasteiger partial charge in [-0.2, -0.15) is 0 Å². The molecule has 0 heterocycles. The zero-order valence-electron chi connectivity index (χ0n) is 5.01. The molecule has 0 aromatic carbocycles. The van der Waals surface area contributed by atoms with Gasteiger partial charge in [-0.3, -0.25) is 0 Å². The van der Waals surface area contributed by atoms with Crippen molar-refractivity contribution in [2.24, 2.45) is 0 Å². The summed E-state index contributed by atoms with van der Waals surface area (Å²) in [4.78, 5) is 8.67. The fourth-order valence-corrected chi connectivity index (χ4v) is 3.54. The van der Waals surface area contributed by atoms with Crippen molar-refractivity contribution in [2.45, 2.75) is 19.6 Å². The number of hydrogen-bond acceptors (Lipinski definition) is 2. The molecule has 1 N–H and O–H groups in total. The molecule has 1 atom stereocenters. The van der Waals surface area contributed by atoms with Gasteiger partial charge in [0, 0.05) is 0 Å². The summed E-state index contributed by atoms with van der Waals surface area (Å²) in [5.74, 6) is 0. The maximum atomic E-state index is 8.67. The topological polar surface area (TPSA) is 29.5 Å². The first kappa shape index (κ1) is 7.35. The summed E-state index contributed by atoms with van der Waals surface area (Å²) in [5, 5.41) is 0. The van der Waals surface area contributed by atoms with Crippen LogP contribution in [-0.2, 0) is 4.12 Å². The summed E-state index contributed by atoms with van der Waals surface area (Å²) in [6, 6.07) is 0. The zero-order chi connectivity index (χ0) is 5.86. The maximum Gasteiger partial charge on any atom is 0.304 e. The largest absolute Gasteiger partial charge is 0.441 e. The molecule has 0 radical (unpaired) electrons. The van der Waals surface area contributed by atoms with E-state index in [-0.39, 0.29) is 0 Å². The molecule has 0 aliphatic heterocycles. The molecule has 2 nitrogen and oxygen atoms in total. The molecule has 0 aromatic heterocycles. The summed E-state index contributed by atoms with van der Waals surface area (Å²) < 4.78 is 5.08. The van der Waals surface area contributed by atoms with Crippen LogP contribution in [0.25, 0.3) is 0 Å². The normalized spacial score (nSPS) is 15.0. The lowest BCUT2D eigenvalue weighted by Gasteiger charge is -2.05. The van der Waals surface area contributed by atoms with Gasteiger partial charge in [-0.1, -0.05) is 0 Å². The third-order valence-corrected chi connectivity index (χ3v) is 4.22. The minimum atomic E-state index is -1.67. The van der Waals surface area contributed by atoms with Crippen molar-refractivity contribution < 1.29 is 8.91 Å². The monoisotopic (exact) mass is 136 g/mol. The van der Waals surface area contributed by atoms with Crippen molar-refractivity contribution >= 4 is 18.3 Å². The van der Waals surface area contributed by atoms with Crippen LogP contribution in [0.4, 0.5) is 0 Å². The molecule has 0 amide bonds. The first-order valence-corrected chi connectivity index (χ1v) is 7.38. The molecule has 0 unspecified atom stereocenters. The third-order valence-electron chi connectivity index (χ3n) is 0.469. The predicted octanol–water partition coefficient (Wildman–Crippen LogP) is -0.171. The predicted molar refractivity (Wildman–Crippen MR) is 35.2 cm³/mol. The second kappa shape index (κ2) is 3.37. The third kappa shape index (κ3) is 6.35. The van der Waals surface area contributed by atoms with Gasteiger partial charge in [0.2, 0.25) is 0 Å². The summed E-state index contributed by atoms with van der Waals surface area (Å²) in [7, 11) is -2.58. The van der Waals surface area contributed by atoms with E-state index in [2.05, 4.69) is 13.1 Å². The van der Waals surface area contributed by atoms with E-state index < -0.39 is 18.3 Å². The summed E-state index contributed by atoms with van der Waals surface area (Å²) >= 11 is 0. The van der Waals surface area contributed by atoms with E-state index >= 15 is 0 Å². The van der Waals surface area contributed by atoms with Gasteiger partial charge in [-0.05, 0) is 19.6 Å². The van der Waals surface area contributed by atoms with Gasteiger partial charge in [-0.25, -0.2) is 0 Å². The molecule has 0 saturated carbocycles. The highest BCUT2D eigenvalue weighted by atomic mass is 28.4. The van der Waals surface area contributed by atoms with Crippen LogP contribution in [-0.4, -0.2) is 23.1 Å². The second-order valence-corrected chi connectivity index (χ2v) is 6.17. The molecule has 0 fully saturated rings. The molecule has 0 rings (SSSR count). The Labute approximate surface area is 47.7 Å². The Balaban J connectivity index is 2.95. The van der Waals surface area contributed by atoms with Crippen LogP contribution in [0.1, 0.15) is 0 Å². The quantitative estimate of drug-likeness (QED) is 0.534. The fourth-order valence-electron chi connectivity index (χ4n) is 0.394. The van der Waals surface area contributed by atoms with Gasteiger partial charge in [0.1, 0.15) is 0 Å². The van der Waals surface area contributed by atoms with Crippen LogP contribution >= 0.6 is 0 Å². The van der Waals surface area contributed by atoms with E-state index in [1.807, 2.05) is 0 Å². The molecule has 7 heavy (non-hydrogen) atoms. The van der Waals surface area contributed by atoms with Crippen molar-refractivity contribution in [3.05, 3.63) is 0 Å². The number of rotatable bonds is 2. The average molecular weight is 136 g/mol. The minimum Gasteiger partial charge on any atom is -0.441 e. The van der Waals surface area contributed by atoms with Crippen LogP contribution in [0.15, 0.2) is 0 Å². The first-order valence-electron chi connectivity index (χ1n) is 2.46. The maximum absolute atomic E-state index is 8.67. The van der Waals surface area contributed by atoms with Crippen molar-refractivity contribution in [3.8, 4) is 0 Å². The van der Waals surface area contributed by atoms with Gasteiger partial charge in [0.15, 0.2) is 9.04 Å². The van der Waals surface area contributed by atoms with Crippen LogP contribution in [0, 0.1) is 0 Å². The van der Waals surface area contributed by atoms with Crippen molar-refractivity contribution in [1.82, 2.24) is 0 Å². The molecule has 0 aromatic rings. The van der Waals surface area contributed by atoms with E-state index in [1.165, 1.54) is 0 Å². The van der Waals surface area contributed by atoms with Gasteiger partial charge in [0.05, 0.1) is 0 Å². The SMILES string of the molecule is C[SiH](C)O[Si@@H](C)O. The highest BCUT2D eigenvalue weighted by molar-refractivity contribution is 6.60. The molecule has 0 bridgehead atoms.